The maximum absolute atomic E-state index is 5.42. The molecule has 0 unspecified atom stereocenters. The largest absolute Gasteiger partial charge is 0.377 e. The highest BCUT2D eigenvalue weighted by molar-refractivity contribution is 5.79. The molecule has 1 aliphatic rings. The maximum Gasteiger partial charge on any atom is 0.191 e. The number of nitrogens with one attached hydrogen (secondary N) is 2. The number of methoxy groups -OCH3 is 1. The molecule has 1 aromatic carbocycles. The highest BCUT2D eigenvalue weighted by Gasteiger charge is 2.17. The highest BCUT2D eigenvalue weighted by Crippen LogP contribution is 2.26. The summed E-state index contributed by atoms with van der Waals surface area (Å²) in [5, 5.41) is 6.68. The van der Waals surface area contributed by atoms with Crippen molar-refractivity contribution in [2.24, 2.45) is 4.99 Å². The standard InChI is InChI=1S/C18H30N4O/c1-18(2,23-5)13-21-17(19-3)20-12-14-8-9-16-15(11-14)7-6-10-22(16)4/h8-9,11H,6-7,10,12-13H2,1-5H3,(H2,19,20,21). The van der Waals surface area contributed by atoms with Crippen molar-refractivity contribution in [3.05, 3.63) is 29.3 Å². The van der Waals surface area contributed by atoms with Gasteiger partial charge >= 0.3 is 0 Å². The van der Waals surface area contributed by atoms with E-state index >= 15 is 0 Å². The molecule has 0 amide bonds. The van der Waals surface area contributed by atoms with Crippen molar-refractivity contribution < 1.29 is 4.74 Å². The summed E-state index contributed by atoms with van der Waals surface area (Å²) in [6, 6.07) is 6.74. The van der Waals surface area contributed by atoms with Gasteiger partial charge in [0.25, 0.3) is 0 Å². The molecule has 0 saturated heterocycles. The van der Waals surface area contributed by atoms with Gasteiger partial charge in [-0.15, -0.1) is 0 Å². The van der Waals surface area contributed by atoms with Crippen LogP contribution in [-0.4, -0.2) is 45.9 Å². The summed E-state index contributed by atoms with van der Waals surface area (Å²) in [5.74, 6) is 0.796. The Bertz CT molecular complexity index is 554. The Morgan fingerprint density at radius 1 is 1.35 bits per heavy atom. The first-order valence-corrected chi connectivity index (χ1v) is 8.28. The van der Waals surface area contributed by atoms with Crippen molar-refractivity contribution in [1.82, 2.24) is 10.6 Å². The highest BCUT2D eigenvalue weighted by atomic mass is 16.5. The predicted molar refractivity (Wildman–Crippen MR) is 97.3 cm³/mol. The summed E-state index contributed by atoms with van der Waals surface area (Å²) in [6.45, 7) is 6.72. The van der Waals surface area contributed by atoms with Gasteiger partial charge in [0.15, 0.2) is 5.96 Å². The van der Waals surface area contributed by atoms with Crippen molar-refractivity contribution in [3.63, 3.8) is 0 Å². The summed E-state index contributed by atoms with van der Waals surface area (Å²) in [6.07, 6.45) is 2.40. The van der Waals surface area contributed by atoms with Crippen LogP contribution in [0.25, 0.3) is 0 Å². The lowest BCUT2D eigenvalue weighted by atomic mass is 9.99. The minimum Gasteiger partial charge on any atom is -0.377 e. The van der Waals surface area contributed by atoms with Crippen LogP contribution in [-0.2, 0) is 17.7 Å². The monoisotopic (exact) mass is 318 g/mol. The zero-order valence-electron chi connectivity index (χ0n) is 15.1. The molecule has 0 aromatic heterocycles. The van der Waals surface area contributed by atoms with Crippen LogP contribution in [0.2, 0.25) is 0 Å². The molecule has 0 atom stereocenters. The molecule has 0 fully saturated rings. The van der Waals surface area contributed by atoms with Gasteiger partial charge in [-0.2, -0.15) is 0 Å². The maximum atomic E-state index is 5.42. The SMILES string of the molecule is CN=C(NCc1ccc2c(c1)CCCN2C)NCC(C)(C)OC. The number of guanidine groups is 1. The second kappa shape index (κ2) is 7.68. The molecule has 5 heteroatoms. The van der Waals surface area contributed by atoms with Crippen LogP contribution in [0.5, 0.6) is 0 Å². The Hall–Kier alpha value is -1.75. The first-order valence-electron chi connectivity index (χ1n) is 8.28. The van der Waals surface area contributed by atoms with Gasteiger partial charge in [-0.25, -0.2) is 0 Å². The van der Waals surface area contributed by atoms with Crippen LogP contribution in [0.3, 0.4) is 0 Å². The van der Waals surface area contributed by atoms with Crippen LogP contribution in [0.4, 0.5) is 5.69 Å². The number of rotatable bonds is 5. The third-order valence-electron chi connectivity index (χ3n) is 4.41. The summed E-state index contributed by atoms with van der Waals surface area (Å²) >= 11 is 0. The van der Waals surface area contributed by atoms with E-state index in [-0.39, 0.29) is 5.60 Å². The Kier molecular flexibility index (Phi) is 5.88. The average Bonchev–Trinajstić information content (AvgIpc) is 2.55. The molecular weight excluding hydrogens is 288 g/mol. The number of nitrogens with zero attached hydrogens (tertiary/aromatic N) is 2. The summed E-state index contributed by atoms with van der Waals surface area (Å²) < 4.78 is 5.42. The van der Waals surface area contributed by atoms with Crippen LogP contribution < -0.4 is 15.5 Å². The minimum absolute atomic E-state index is 0.214. The lowest BCUT2D eigenvalue weighted by Crippen LogP contribution is -2.45. The molecule has 0 radical (unpaired) electrons. The Labute approximate surface area is 140 Å². The first kappa shape index (κ1) is 17.6. The third-order valence-corrected chi connectivity index (χ3v) is 4.41. The number of ether oxygens (including phenoxy) is 1. The average molecular weight is 318 g/mol. The Balaban J connectivity index is 1.92. The van der Waals surface area contributed by atoms with E-state index < -0.39 is 0 Å². The van der Waals surface area contributed by atoms with E-state index in [9.17, 15) is 0 Å². The second-order valence-electron chi connectivity index (χ2n) is 6.73. The molecule has 1 heterocycles. The van der Waals surface area contributed by atoms with E-state index in [0.717, 1.165) is 19.0 Å². The number of anilines is 1. The third kappa shape index (κ3) is 4.86. The molecular formula is C18H30N4O. The van der Waals surface area contributed by atoms with Gasteiger partial charge in [0.2, 0.25) is 0 Å². The van der Waals surface area contributed by atoms with E-state index in [4.69, 9.17) is 4.74 Å². The zero-order valence-corrected chi connectivity index (χ0v) is 15.1. The quantitative estimate of drug-likeness (QED) is 0.645. The van der Waals surface area contributed by atoms with E-state index in [1.165, 1.54) is 29.7 Å². The molecule has 1 aromatic rings. The van der Waals surface area contributed by atoms with Crippen molar-refractivity contribution in [1.29, 1.82) is 0 Å². The molecule has 128 valence electrons. The fourth-order valence-electron chi connectivity index (χ4n) is 2.72. The summed E-state index contributed by atoms with van der Waals surface area (Å²) in [4.78, 5) is 6.61. The van der Waals surface area contributed by atoms with E-state index in [0.29, 0.717) is 6.54 Å². The van der Waals surface area contributed by atoms with Gasteiger partial charge in [-0.1, -0.05) is 12.1 Å². The molecule has 2 rings (SSSR count). The normalized spacial score (nSPS) is 15.3. The van der Waals surface area contributed by atoms with Crippen molar-refractivity contribution in [3.8, 4) is 0 Å². The fraction of sp³-hybridized carbons (Fsp3) is 0.611. The number of fused-ring (bicyclic) bond motifs is 1. The van der Waals surface area contributed by atoms with Gasteiger partial charge in [0, 0.05) is 46.5 Å². The zero-order chi connectivity index (χ0) is 16.9. The molecule has 0 bridgehead atoms. The van der Waals surface area contributed by atoms with Crippen molar-refractivity contribution in [2.45, 2.75) is 38.8 Å². The smallest absolute Gasteiger partial charge is 0.191 e. The fourth-order valence-corrected chi connectivity index (χ4v) is 2.72. The number of hydrogen-bond donors (Lipinski definition) is 2. The second-order valence-corrected chi connectivity index (χ2v) is 6.73. The molecule has 0 aliphatic carbocycles. The Morgan fingerprint density at radius 2 is 2.13 bits per heavy atom. The van der Waals surface area contributed by atoms with E-state index in [1.54, 1.807) is 14.2 Å². The molecule has 0 spiro atoms. The van der Waals surface area contributed by atoms with Gasteiger partial charge in [0.1, 0.15) is 0 Å². The summed E-state index contributed by atoms with van der Waals surface area (Å²) in [7, 11) is 5.68. The number of hydrogen-bond acceptors (Lipinski definition) is 3. The number of benzene rings is 1. The first-order chi connectivity index (χ1) is 10.9. The molecule has 1 aliphatic heterocycles. The topological polar surface area (TPSA) is 48.9 Å². The van der Waals surface area contributed by atoms with Gasteiger partial charge in [-0.3, -0.25) is 4.99 Å². The molecule has 5 nitrogen and oxygen atoms in total. The molecule has 23 heavy (non-hydrogen) atoms. The van der Waals surface area contributed by atoms with Crippen LogP contribution in [0, 0.1) is 0 Å². The molecule has 2 N–H and O–H groups in total. The van der Waals surface area contributed by atoms with Gasteiger partial charge in [0.05, 0.1) is 5.60 Å². The predicted octanol–water partition coefficient (Wildman–Crippen LogP) is 2.16. The lowest BCUT2D eigenvalue weighted by molar-refractivity contribution is 0.0268. The van der Waals surface area contributed by atoms with Crippen LogP contribution in [0.1, 0.15) is 31.4 Å². The Morgan fingerprint density at radius 3 is 2.83 bits per heavy atom. The molecule has 0 saturated carbocycles. The van der Waals surface area contributed by atoms with Gasteiger partial charge < -0.3 is 20.3 Å². The summed E-state index contributed by atoms with van der Waals surface area (Å²) in [5.41, 5.74) is 3.88. The van der Waals surface area contributed by atoms with Crippen LogP contribution >= 0.6 is 0 Å². The van der Waals surface area contributed by atoms with Crippen molar-refractivity contribution >= 4 is 11.6 Å². The minimum atomic E-state index is -0.214. The van der Waals surface area contributed by atoms with Crippen molar-refractivity contribution in [2.75, 3.05) is 39.2 Å². The van der Waals surface area contributed by atoms with Crippen LogP contribution in [0.15, 0.2) is 23.2 Å². The van der Waals surface area contributed by atoms with E-state index in [2.05, 4.69) is 45.8 Å². The van der Waals surface area contributed by atoms with E-state index in [1.807, 2.05) is 13.8 Å². The number of aryl methyl sites for hydroxylation is 1. The lowest BCUT2D eigenvalue weighted by Gasteiger charge is -2.28. The van der Waals surface area contributed by atoms with Gasteiger partial charge in [-0.05, 0) is 43.9 Å². The number of aliphatic imine (C=N–C) groups is 1.